The van der Waals surface area contributed by atoms with Crippen LogP contribution >= 0.6 is 0 Å². The van der Waals surface area contributed by atoms with Crippen LogP contribution in [0.25, 0.3) is 0 Å². The van der Waals surface area contributed by atoms with Crippen LogP contribution in [0.15, 0.2) is 54.6 Å². The van der Waals surface area contributed by atoms with Crippen molar-refractivity contribution in [1.29, 1.82) is 0 Å². The van der Waals surface area contributed by atoms with Crippen molar-refractivity contribution in [1.82, 2.24) is 4.90 Å². The summed E-state index contributed by atoms with van der Waals surface area (Å²) in [7, 11) is 0. The van der Waals surface area contributed by atoms with Crippen LogP contribution in [0.5, 0.6) is 0 Å². The van der Waals surface area contributed by atoms with Gasteiger partial charge in [0.05, 0.1) is 5.60 Å². The van der Waals surface area contributed by atoms with Crippen molar-refractivity contribution >= 4 is 0 Å². The van der Waals surface area contributed by atoms with E-state index in [0.29, 0.717) is 18.4 Å². The van der Waals surface area contributed by atoms with Crippen molar-refractivity contribution in [3.63, 3.8) is 0 Å². The number of halogens is 1. The normalized spacial score (nSPS) is 17.8. The molecule has 2 aromatic rings. The molecule has 1 aliphatic rings. The molecular formula is C21H26FNO. The number of aryl methyl sites for hydroxylation is 1. The van der Waals surface area contributed by atoms with Crippen molar-refractivity contribution in [2.24, 2.45) is 0 Å². The molecule has 0 radical (unpaired) electrons. The second-order valence-electron chi connectivity index (χ2n) is 6.89. The molecule has 24 heavy (non-hydrogen) atoms. The van der Waals surface area contributed by atoms with Gasteiger partial charge in [0.1, 0.15) is 5.82 Å². The first-order valence-corrected chi connectivity index (χ1v) is 8.87. The maximum absolute atomic E-state index is 13.7. The molecule has 2 aromatic carbocycles. The zero-order valence-electron chi connectivity index (χ0n) is 14.1. The fourth-order valence-corrected chi connectivity index (χ4v) is 3.44. The van der Waals surface area contributed by atoms with Gasteiger partial charge in [-0.3, -0.25) is 0 Å². The predicted octanol–water partition coefficient (Wildman–Crippen LogP) is 3.83. The van der Waals surface area contributed by atoms with Gasteiger partial charge in [0.2, 0.25) is 0 Å². The number of piperidine rings is 1. The summed E-state index contributed by atoms with van der Waals surface area (Å²) in [6, 6.07) is 17.4. The molecule has 3 rings (SSSR count). The van der Waals surface area contributed by atoms with Crippen LogP contribution < -0.4 is 0 Å². The predicted molar refractivity (Wildman–Crippen MR) is 95.5 cm³/mol. The highest BCUT2D eigenvalue weighted by Gasteiger charge is 2.31. The molecule has 0 saturated carbocycles. The molecule has 0 bridgehead atoms. The molecule has 2 nitrogen and oxygen atoms in total. The summed E-state index contributed by atoms with van der Waals surface area (Å²) in [5.74, 6) is -0.165. The van der Waals surface area contributed by atoms with E-state index in [0.717, 1.165) is 38.9 Å². The van der Waals surface area contributed by atoms with Gasteiger partial charge >= 0.3 is 0 Å². The van der Waals surface area contributed by atoms with Crippen molar-refractivity contribution < 1.29 is 9.50 Å². The summed E-state index contributed by atoms with van der Waals surface area (Å²) in [4.78, 5) is 2.42. The third kappa shape index (κ3) is 4.65. The maximum Gasteiger partial charge on any atom is 0.126 e. The molecule has 1 N–H and O–H groups in total. The summed E-state index contributed by atoms with van der Waals surface area (Å²) in [5, 5.41) is 10.8. The van der Waals surface area contributed by atoms with E-state index in [2.05, 4.69) is 29.2 Å². The summed E-state index contributed by atoms with van der Waals surface area (Å²) >= 11 is 0. The summed E-state index contributed by atoms with van der Waals surface area (Å²) in [6.07, 6.45) is 3.84. The number of hydrogen-bond donors (Lipinski definition) is 1. The molecule has 0 aromatic heterocycles. The van der Waals surface area contributed by atoms with Gasteiger partial charge in [0.25, 0.3) is 0 Å². The molecule has 128 valence electrons. The Balaban J connectivity index is 1.44. The molecule has 0 aliphatic carbocycles. The molecule has 1 saturated heterocycles. The monoisotopic (exact) mass is 327 g/mol. The van der Waals surface area contributed by atoms with Crippen LogP contribution in [0.4, 0.5) is 4.39 Å². The first kappa shape index (κ1) is 17.1. The Morgan fingerprint density at radius 1 is 0.917 bits per heavy atom. The molecule has 1 fully saturated rings. The van der Waals surface area contributed by atoms with E-state index < -0.39 is 5.60 Å². The Bertz CT molecular complexity index is 635. The van der Waals surface area contributed by atoms with Crippen LogP contribution in [0.1, 0.15) is 30.4 Å². The highest BCUT2D eigenvalue weighted by Crippen LogP contribution is 2.27. The molecule has 0 spiro atoms. The minimum Gasteiger partial charge on any atom is -0.390 e. The summed E-state index contributed by atoms with van der Waals surface area (Å²) in [5.41, 5.74) is 1.42. The molecule has 0 atom stereocenters. The van der Waals surface area contributed by atoms with Crippen molar-refractivity contribution in [3.8, 4) is 0 Å². The Hall–Kier alpha value is -1.71. The minimum atomic E-state index is -0.647. The first-order valence-electron chi connectivity index (χ1n) is 8.87. The van der Waals surface area contributed by atoms with Gasteiger partial charge in [-0.25, -0.2) is 4.39 Å². The number of likely N-dealkylation sites (tertiary alicyclic amines) is 1. The lowest BCUT2D eigenvalue weighted by Gasteiger charge is -2.38. The van der Waals surface area contributed by atoms with Crippen molar-refractivity contribution in [2.75, 3.05) is 19.6 Å². The van der Waals surface area contributed by atoms with Crippen LogP contribution in [0.2, 0.25) is 0 Å². The van der Waals surface area contributed by atoms with Gasteiger partial charge in [0, 0.05) is 19.6 Å². The number of benzene rings is 2. The lowest BCUT2D eigenvalue weighted by atomic mass is 9.85. The van der Waals surface area contributed by atoms with Gasteiger partial charge in [-0.15, -0.1) is 0 Å². The van der Waals surface area contributed by atoms with Gasteiger partial charge in [-0.1, -0.05) is 48.5 Å². The topological polar surface area (TPSA) is 23.5 Å². The Kier molecular flexibility index (Phi) is 5.64. The highest BCUT2D eigenvalue weighted by molar-refractivity contribution is 5.18. The summed E-state index contributed by atoms with van der Waals surface area (Å²) in [6.45, 7) is 2.87. The number of rotatable bonds is 6. The average Bonchev–Trinajstić information content (AvgIpc) is 2.62. The standard InChI is InChI=1S/C21H26FNO/c22-20-9-5-4-8-19(20)10-12-21(24)13-16-23(17-14-21)15-11-18-6-2-1-3-7-18/h1-9,24H,10-17H2. The van der Waals surface area contributed by atoms with Gasteiger partial charge in [-0.05, 0) is 49.3 Å². The van der Waals surface area contributed by atoms with E-state index in [-0.39, 0.29) is 5.82 Å². The van der Waals surface area contributed by atoms with Crippen molar-refractivity contribution in [3.05, 3.63) is 71.5 Å². The second-order valence-corrected chi connectivity index (χ2v) is 6.89. The average molecular weight is 327 g/mol. The fourth-order valence-electron chi connectivity index (χ4n) is 3.44. The second kappa shape index (κ2) is 7.91. The van der Waals surface area contributed by atoms with E-state index in [9.17, 15) is 9.50 Å². The van der Waals surface area contributed by atoms with E-state index in [4.69, 9.17) is 0 Å². The lowest BCUT2D eigenvalue weighted by molar-refractivity contribution is -0.0271. The molecule has 1 heterocycles. The Morgan fingerprint density at radius 2 is 1.58 bits per heavy atom. The molecule has 0 unspecified atom stereocenters. The number of hydrogen-bond acceptors (Lipinski definition) is 2. The third-order valence-corrected chi connectivity index (χ3v) is 5.16. The first-order chi connectivity index (χ1) is 11.6. The van der Waals surface area contributed by atoms with Crippen LogP contribution in [0, 0.1) is 5.82 Å². The number of nitrogens with zero attached hydrogens (tertiary/aromatic N) is 1. The zero-order valence-corrected chi connectivity index (χ0v) is 14.1. The zero-order chi connectivity index (χ0) is 16.8. The quantitative estimate of drug-likeness (QED) is 0.872. The van der Waals surface area contributed by atoms with E-state index >= 15 is 0 Å². The fraction of sp³-hybridized carbons (Fsp3) is 0.429. The highest BCUT2D eigenvalue weighted by atomic mass is 19.1. The van der Waals surface area contributed by atoms with Crippen molar-refractivity contribution in [2.45, 2.75) is 37.7 Å². The van der Waals surface area contributed by atoms with E-state index in [1.807, 2.05) is 18.2 Å². The smallest absolute Gasteiger partial charge is 0.126 e. The number of aliphatic hydroxyl groups is 1. The maximum atomic E-state index is 13.7. The largest absolute Gasteiger partial charge is 0.390 e. The van der Waals surface area contributed by atoms with Crippen LogP contribution in [-0.4, -0.2) is 35.2 Å². The lowest BCUT2D eigenvalue weighted by Crippen LogP contribution is -2.45. The SMILES string of the molecule is OC1(CCc2ccccc2F)CCN(CCc2ccccc2)CC1. The van der Waals surface area contributed by atoms with E-state index in [1.165, 1.54) is 11.6 Å². The molecule has 3 heteroatoms. The van der Waals surface area contributed by atoms with E-state index in [1.54, 1.807) is 6.07 Å². The van der Waals surface area contributed by atoms with Crippen LogP contribution in [0.3, 0.4) is 0 Å². The Morgan fingerprint density at radius 3 is 2.29 bits per heavy atom. The van der Waals surface area contributed by atoms with Crippen LogP contribution in [-0.2, 0) is 12.8 Å². The van der Waals surface area contributed by atoms with Gasteiger partial charge < -0.3 is 10.0 Å². The molecular weight excluding hydrogens is 301 g/mol. The van der Waals surface area contributed by atoms with Gasteiger partial charge in [0.15, 0.2) is 0 Å². The Labute approximate surface area is 143 Å². The summed E-state index contributed by atoms with van der Waals surface area (Å²) < 4.78 is 13.7. The molecule has 0 amide bonds. The third-order valence-electron chi connectivity index (χ3n) is 5.16. The van der Waals surface area contributed by atoms with Gasteiger partial charge in [-0.2, -0.15) is 0 Å². The molecule has 1 aliphatic heterocycles. The minimum absolute atomic E-state index is 0.165.